The van der Waals surface area contributed by atoms with Gasteiger partial charge in [-0.25, -0.2) is 8.42 Å². The Balaban J connectivity index is 1.95. The van der Waals surface area contributed by atoms with Gasteiger partial charge in [-0.15, -0.1) is 5.06 Å². The molecule has 2 aromatic rings. The van der Waals surface area contributed by atoms with E-state index < -0.39 is 21.8 Å². The molecular weight excluding hydrogens is 348 g/mol. The molecule has 0 unspecified atom stereocenters. The van der Waals surface area contributed by atoms with Gasteiger partial charge in [0.2, 0.25) is 10.0 Å². The van der Waals surface area contributed by atoms with Crippen molar-refractivity contribution in [3.8, 4) is 0 Å². The Morgan fingerprint density at radius 3 is 2.40 bits per heavy atom. The van der Waals surface area contributed by atoms with Crippen LogP contribution < -0.4 is 0 Å². The van der Waals surface area contributed by atoms with E-state index in [-0.39, 0.29) is 34.2 Å². The lowest BCUT2D eigenvalue weighted by Crippen LogP contribution is -2.41. The average molecular weight is 362 g/mol. The minimum absolute atomic E-state index is 0.0120. The number of nitrogens with zero attached hydrogens (tertiary/aromatic N) is 2. The number of carbonyl (C=O) groups is 2. The van der Waals surface area contributed by atoms with Crippen LogP contribution in [0.1, 0.15) is 20.7 Å². The van der Waals surface area contributed by atoms with Crippen molar-refractivity contribution in [3.63, 3.8) is 0 Å². The van der Waals surface area contributed by atoms with Crippen molar-refractivity contribution < 1.29 is 28.0 Å². The molecule has 9 heteroatoms. The Morgan fingerprint density at radius 2 is 1.68 bits per heavy atom. The number of hydrogen-bond donors (Lipinski definition) is 1. The van der Waals surface area contributed by atoms with E-state index in [1.807, 2.05) is 0 Å². The Bertz CT molecular complexity index is 1010. The van der Waals surface area contributed by atoms with Crippen molar-refractivity contribution in [2.75, 3.05) is 26.3 Å². The van der Waals surface area contributed by atoms with Gasteiger partial charge in [0.05, 0.1) is 29.2 Å². The van der Waals surface area contributed by atoms with Crippen LogP contribution in [-0.2, 0) is 14.8 Å². The Hall–Kier alpha value is -2.33. The van der Waals surface area contributed by atoms with Crippen LogP contribution >= 0.6 is 0 Å². The van der Waals surface area contributed by atoms with E-state index in [9.17, 15) is 23.2 Å². The summed E-state index contributed by atoms with van der Waals surface area (Å²) in [7, 11) is -3.81. The number of amides is 2. The third kappa shape index (κ3) is 2.35. The molecule has 0 radical (unpaired) electrons. The number of rotatable bonds is 2. The van der Waals surface area contributed by atoms with Crippen molar-refractivity contribution in [1.29, 1.82) is 0 Å². The summed E-state index contributed by atoms with van der Waals surface area (Å²) in [5, 5.41) is 10.6. The lowest BCUT2D eigenvalue weighted by Gasteiger charge is -2.27. The quantitative estimate of drug-likeness (QED) is 0.627. The van der Waals surface area contributed by atoms with Crippen LogP contribution in [0.2, 0.25) is 0 Å². The maximum Gasteiger partial charge on any atom is 0.285 e. The van der Waals surface area contributed by atoms with Gasteiger partial charge in [0.1, 0.15) is 0 Å². The van der Waals surface area contributed by atoms with Crippen molar-refractivity contribution >= 4 is 32.6 Å². The molecule has 0 aromatic heterocycles. The topological polar surface area (TPSA) is 104 Å². The molecular formula is C16H14N2O6S. The molecule has 2 heterocycles. The monoisotopic (exact) mass is 362 g/mol. The van der Waals surface area contributed by atoms with E-state index in [1.165, 1.54) is 22.5 Å². The van der Waals surface area contributed by atoms with Crippen LogP contribution in [0.5, 0.6) is 0 Å². The van der Waals surface area contributed by atoms with Crippen LogP contribution in [0.25, 0.3) is 10.8 Å². The molecule has 8 nitrogen and oxygen atoms in total. The largest absolute Gasteiger partial charge is 0.379 e. The summed E-state index contributed by atoms with van der Waals surface area (Å²) in [4.78, 5) is 24.3. The zero-order valence-electron chi connectivity index (χ0n) is 13.0. The second-order valence-electron chi connectivity index (χ2n) is 5.81. The number of carbonyl (C=O) groups excluding carboxylic acids is 2. The first kappa shape index (κ1) is 16.2. The summed E-state index contributed by atoms with van der Waals surface area (Å²) in [6.45, 7) is 1.08. The van der Waals surface area contributed by atoms with E-state index in [4.69, 9.17) is 4.74 Å². The van der Waals surface area contributed by atoms with Gasteiger partial charge in [0.15, 0.2) is 0 Å². The van der Waals surface area contributed by atoms with Crippen molar-refractivity contribution in [2.45, 2.75) is 4.90 Å². The predicted octanol–water partition coefficient (Wildman–Crippen LogP) is 0.846. The molecule has 2 aliphatic rings. The standard InChI is InChI=1S/C16H14N2O6S/c19-15-12-3-1-2-10-8-11(9-13(14(10)12)16(20)18(15)21)25(22,23)17-4-6-24-7-5-17/h1-3,8-9,21H,4-7H2. The van der Waals surface area contributed by atoms with Gasteiger partial charge in [-0.1, -0.05) is 12.1 Å². The van der Waals surface area contributed by atoms with E-state index >= 15 is 0 Å². The van der Waals surface area contributed by atoms with Gasteiger partial charge in [0.25, 0.3) is 11.8 Å². The molecule has 130 valence electrons. The molecule has 4 rings (SSSR count). The Kier molecular flexibility index (Phi) is 3.62. The van der Waals surface area contributed by atoms with Gasteiger partial charge in [0, 0.05) is 18.5 Å². The number of hydroxylamine groups is 2. The number of imide groups is 1. The molecule has 25 heavy (non-hydrogen) atoms. The van der Waals surface area contributed by atoms with Gasteiger partial charge in [-0.3, -0.25) is 14.8 Å². The second kappa shape index (κ2) is 5.60. The summed E-state index contributed by atoms with van der Waals surface area (Å²) < 4.78 is 32.2. The van der Waals surface area contributed by atoms with Gasteiger partial charge >= 0.3 is 0 Å². The summed E-state index contributed by atoms with van der Waals surface area (Å²) in [5.41, 5.74) is 0.145. The van der Waals surface area contributed by atoms with Crippen LogP contribution in [0.15, 0.2) is 35.2 Å². The van der Waals surface area contributed by atoms with E-state index in [2.05, 4.69) is 0 Å². The number of morpholine rings is 1. The fourth-order valence-electron chi connectivity index (χ4n) is 3.15. The van der Waals surface area contributed by atoms with Crippen LogP contribution in [0.4, 0.5) is 0 Å². The van der Waals surface area contributed by atoms with Crippen LogP contribution in [0.3, 0.4) is 0 Å². The molecule has 0 aliphatic carbocycles. The second-order valence-corrected chi connectivity index (χ2v) is 7.75. The summed E-state index contributed by atoms with van der Waals surface area (Å²) in [6.07, 6.45) is 0. The number of ether oxygens (including phenoxy) is 1. The zero-order chi connectivity index (χ0) is 17.8. The van der Waals surface area contributed by atoms with Gasteiger partial charge in [-0.2, -0.15) is 4.31 Å². The highest BCUT2D eigenvalue weighted by Crippen LogP contribution is 2.32. The lowest BCUT2D eigenvalue weighted by molar-refractivity contribution is -0.0377. The summed E-state index contributed by atoms with van der Waals surface area (Å²) in [6, 6.07) is 7.36. The fraction of sp³-hybridized carbons (Fsp3) is 0.250. The van der Waals surface area contributed by atoms with E-state index in [0.717, 1.165) is 0 Å². The predicted molar refractivity (Wildman–Crippen MR) is 85.8 cm³/mol. The molecule has 0 atom stereocenters. The maximum absolute atomic E-state index is 12.9. The van der Waals surface area contributed by atoms with Crippen molar-refractivity contribution in [3.05, 3.63) is 41.5 Å². The smallest absolute Gasteiger partial charge is 0.285 e. The molecule has 0 bridgehead atoms. The lowest BCUT2D eigenvalue weighted by atomic mass is 9.95. The first-order valence-corrected chi connectivity index (χ1v) is 9.07. The highest BCUT2D eigenvalue weighted by Gasteiger charge is 2.34. The van der Waals surface area contributed by atoms with Crippen molar-refractivity contribution in [1.82, 2.24) is 9.37 Å². The first-order chi connectivity index (χ1) is 11.9. The maximum atomic E-state index is 12.9. The molecule has 2 aliphatic heterocycles. The fourth-order valence-corrected chi connectivity index (χ4v) is 4.62. The molecule has 2 amide bonds. The minimum Gasteiger partial charge on any atom is -0.379 e. The third-order valence-corrected chi connectivity index (χ3v) is 6.28. The minimum atomic E-state index is -3.81. The van der Waals surface area contributed by atoms with Gasteiger partial charge in [-0.05, 0) is 23.6 Å². The normalized spacial score (nSPS) is 18.8. The average Bonchev–Trinajstić information content (AvgIpc) is 2.64. The van der Waals surface area contributed by atoms with Crippen molar-refractivity contribution in [2.24, 2.45) is 0 Å². The highest BCUT2D eigenvalue weighted by molar-refractivity contribution is 7.89. The van der Waals surface area contributed by atoms with Crippen LogP contribution in [0, 0.1) is 0 Å². The summed E-state index contributed by atoms with van der Waals surface area (Å²) >= 11 is 0. The molecule has 1 saturated heterocycles. The molecule has 1 fully saturated rings. The zero-order valence-corrected chi connectivity index (χ0v) is 13.8. The Morgan fingerprint density at radius 1 is 1.00 bits per heavy atom. The number of sulfonamides is 1. The molecule has 2 aromatic carbocycles. The third-order valence-electron chi connectivity index (χ3n) is 4.40. The summed E-state index contributed by atoms with van der Waals surface area (Å²) in [5.74, 6) is -1.76. The molecule has 1 N–H and O–H groups in total. The molecule has 0 saturated carbocycles. The first-order valence-electron chi connectivity index (χ1n) is 7.63. The number of hydrogen-bond acceptors (Lipinski definition) is 6. The number of benzene rings is 2. The highest BCUT2D eigenvalue weighted by atomic mass is 32.2. The SMILES string of the molecule is O=C1c2cccc3cc(S(=O)(=O)N4CCOCC4)cc(c23)C(=O)N1O. The van der Waals surface area contributed by atoms with E-state index in [1.54, 1.807) is 12.1 Å². The van der Waals surface area contributed by atoms with E-state index in [0.29, 0.717) is 24.0 Å². The van der Waals surface area contributed by atoms with Crippen LogP contribution in [-0.4, -0.2) is 61.1 Å². The molecule has 0 spiro atoms. The Labute approximate surface area is 143 Å². The van der Waals surface area contributed by atoms with Gasteiger partial charge < -0.3 is 4.74 Å².